The number of quaternary nitrogens is 1. The molecule has 0 bridgehead atoms. The summed E-state index contributed by atoms with van der Waals surface area (Å²) < 4.78 is 1.14. The van der Waals surface area contributed by atoms with E-state index in [-0.39, 0.29) is 0 Å². The van der Waals surface area contributed by atoms with Crippen molar-refractivity contribution in [1.82, 2.24) is 0 Å². The second-order valence-corrected chi connectivity index (χ2v) is 5.64. The van der Waals surface area contributed by atoms with Crippen LogP contribution in [0.1, 0.15) is 53.4 Å². The maximum atomic E-state index is 2.34. The molecule has 0 aromatic heterocycles. The first-order valence-electron chi connectivity index (χ1n) is 5.64. The Morgan fingerprint density at radius 2 is 1.46 bits per heavy atom. The van der Waals surface area contributed by atoms with E-state index in [4.69, 9.17) is 0 Å². The zero-order valence-electron chi connectivity index (χ0n) is 10.5. The first kappa shape index (κ1) is 13.0. The van der Waals surface area contributed by atoms with Crippen molar-refractivity contribution in [2.45, 2.75) is 58.9 Å². The van der Waals surface area contributed by atoms with Crippen molar-refractivity contribution in [3.8, 4) is 0 Å². The molecule has 0 unspecified atom stereocenters. The molecule has 0 aromatic rings. The van der Waals surface area contributed by atoms with Crippen LogP contribution in [-0.2, 0) is 0 Å². The Kier molecular flexibility index (Phi) is 4.98. The van der Waals surface area contributed by atoms with Gasteiger partial charge in [-0.15, -0.1) is 0 Å². The molecular weight excluding hydrogens is 158 g/mol. The second-order valence-electron chi connectivity index (χ2n) is 5.64. The number of hydrogen-bond donors (Lipinski definition) is 0. The third kappa shape index (κ3) is 4.66. The Bertz CT molecular complexity index is 131. The molecule has 0 rings (SSSR count). The van der Waals surface area contributed by atoms with Crippen LogP contribution in [0.25, 0.3) is 0 Å². The van der Waals surface area contributed by atoms with E-state index in [1.807, 2.05) is 0 Å². The quantitative estimate of drug-likeness (QED) is 0.456. The highest BCUT2D eigenvalue weighted by Gasteiger charge is 2.30. The van der Waals surface area contributed by atoms with E-state index in [0.29, 0.717) is 5.54 Å². The van der Waals surface area contributed by atoms with Crippen molar-refractivity contribution in [3.05, 3.63) is 0 Å². The maximum Gasteiger partial charge on any atom is 0.0903 e. The molecule has 0 saturated carbocycles. The normalized spacial score (nSPS) is 13.4. The predicted molar refractivity (Wildman–Crippen MR) is 60.9 cm³/mol. The predicted octanol–water partition coefficient (Wildman–Crippen LogP) is 3.44. The Labute approximate surface area is 84.7 Å². The van der Waals surface area contributed by atoms with Crippen molar-refractivity contribution < 1.29 is 4.48 Å². The third-order valence-corrected chi connectivity index (χ3v) is 3.39. The van der Waals surface area contributed by atoms with E-state index in [9.17, 15) is 0 Å². The highest BCUT2D eigenvalue weighted by molar-refractivity contribution is 4.60. The smallest absolute Gasteiger partial charge is 0.0903 e. The van der Waals surface area contributed by atoms with Crippen LogP contribution in [0.2, 0.25) is 0 Å². The van der Waals surface area contributed by atoms with Crippen LogP contribution >= 0.6 is 0 Å². The van der Waals surface area contributed by atoms with E-state index in [0.717, 1.165) is 4.48 Å². The average Bonchev–Trinajstić information content (AvgIpc) is 1.96. The summed E-state index contributed by atoms with van der Waals surface area (Å²) in [6.07, 6.45) is 5.50. The van der Waals surface area contributed by atoms with Crippen molar-refractivity contribution in [1.29, 1.82) is 0 Å². The zero-order chi connectivity index (χ0) is 10.5. The zero-order valence-corrected chi connectivity index (χ0v) is 10.5. The van der Waals surface area contributed by atoms with E-state index in [1.54, 1.807) is 0 Å². The molecule has 0 aliphatic rings. The first-order valence-corrected chi connectivity index (χ1v) is 5.64. The Morgan fingerprint density at radius 3 is 1.85 bits per heavy atom. The molecule has 0 aliphatic carbocycles. The fourth-order valence-electron chi connectivity index (χ4n) is 1.27. The summed E-state index contributed by atoms with van der Waals surface area (Å²) in [6, 6.07) is 0. The molecule has 0 N–H and O–H groups in total. The number of unbranched alkanes of at least 4 members (excludes halogenated alkanes) is 3. The Morgan fingerprint density at radius 1 is 0.923 bits per heavy atom. The molecule has 0 amide bonds. The van der Waals surface area contributed by atoms with E-state index < -0.39 is 0 Å². The van der Waals surface area contributed by atoms with Gasteiger partial charge in [-0.2, -0.15) is 0 Å². The first-order chi connectivity index (χ1) is 5.81. The summed E-state index contributed by atoms with van der Waals surface area (Å²) in [7, 11) is 4.68. The molecule has 0 atom stereocenters. The molecule has 0 saturated heterocycles. The second kappa shape index (κ2) is 4.99. The summed E-state index contributed by atoms with van der Waals surface area (Å²) in [6.45, 7) is 10.6. The molecule has 13 heavy (non-hydrogen) atoms. The van der Waals surface area contributed by atoms with Crippen molar-refractivity contribution >= 4 is 0 Å². The van der Waals surface area contributed by atoms with Crippen LogP contribution in [0, 0.1) is 0 Å². The molecular formula is C12H28N+. The van der Waals surface area contributed by atoms with E-state index >= 15 is 0 Å². The third-order valence-electron chi connectivity index (χ3n) is 3.39. The largest absolute Gasteiger partial charge is 0.324 e. The molecule has 0 radical (unpaired) electrons. The summed E-state index contributed by atoms with van der Waals surface area (Å²) >= 11 is 0. The maximum absolute atomic E-state index is 2.34. The highest BCUT2D eigenvalue weighted by Crippen LogP contribution is 2.20. The summed E-state index contributed by atoms with van der Waals surface area (Å²) in [5, 5.41) is 0. The van der Waals surface area contributed by atoms with Gasteiger partial charge in [-0.1, -0.05) is 19.8 Å². The van der Waals surface area contributed by atoms with Gasteiger partial charge in [0.15, 0.2) is 0 Å². The van der Waals surface area contributed by atoms with Crippen LogP contribution in [-0.4, -0.2) is 30.7 Å². The van der Waals surface area contributed by atoms with Crippen LogP contribution in [0.5, 0.6) is 0 Å². The molecule has 80 valence electrons. The van der Waals surface area contributed by atoms with Gasteiger partial charge in [-0.05, 0) is 33.6 Å². The fourth-order valence-corrected chi connectivity index (χ4v) is 1.27. The Balaban J connectivity index is 3.77. The monoisotopic (exact) mass is 186 g/mol. The van der Waals surface area contributed by atoms with Crippen LogP contribution in [0.3, 0.4) is 0 Å². The van der Waals surface area contributed by atoms with Gasteiger partial charge in [0.1, 0.15) is 0 Å². The number of nitrogens with zero attached hydrogens (tertiary/aromatic N) is 1. The van der Waals surface area contributed by atoms with Crippen molar-refractivity contribution in [3.63, 3.8) is 0 Å². The van der Waals surface area contributed by atoms with Gasteiger partial charge in [0.05, 0.1) is 26.2 Å². The van der Waals surface area contributed by atoms with Gasteiger partial charge in [0.2, 0.25) is 0 Å². The van der Waals surface area contributed by atoms with Gasteiger partial charge in [-0.25, -0.2) is 0 Å². The average molecular weight is 186 g/mol. The fraction of sp³-hybridized carbons (Fsp3) is 1.00. The molecule has 0 fully saturated rings. The minimum absolute atomic E-state index is 0.381. The van der Waals surface area contributed by atoms with Gasteiger partial charge in [0.25, 0.3) is 0 Å². The lowest BCUT2D eigenvalue weighted by molar-refractivity contribution is -0.935. The van der Waals surface area contributed by atoms with Gasteiger partial charge >= 0.3 is 0 Å². The Hall–Kier alpha value is -0.0400. The standard InChI is InChI=1S/C12H28N/c1-7-8-9-10-11-13(5,6)12(2,3)4/h7-11H2,1-6H3/q+1. The molecule has 1 heteroatoms. The van der Waals surface area contributed by atoms with Crippen LogP contribution in [0.15, 0.2) is 0 Å². The highest BCUT2D eigenvalue weighted by atomic mass is 15.4. The van der Waals surface area contributed by atoms with Gasteiger partial charge in [-0.3, -0.25) is 0 Å². The lowest BCUT2D eigenvalue weighted by atomic mass is 10.0. The summed E-state index contributed by atoms with van der Waals surface area (Å²) in [4.78, 5) is 0. The lowest BCUT2D eigenvalue weighted by Gasteiger charge is -2.42. The molecule has 1 nitrogen and oxygen atoms in total. The summed E-state index contributed by atoms with van der Waals surface area (Å²) in [5.74, 6) is 0. The molecule has 0 aliphatic heterocycles. The topological polar surface area (TPSA) is 0 Å². The van der Waals surface area contributed by atoms with E-state index in [1.165, 1.54) is 32.2 Å². The SMILES string of the molecule is CCCCCC[N+](C)(C)C(C)(C)C. The summed E-state index contributed by atoms with van der Waals surface area (Å²) in [5.41, 5.74) is 0.381. The number of hydrogen-bond acceptors (Lipinski definition) is 0. The molecule has 0 heterocycles. The lowest BCUT2D eigenvalue weighted by Crippen LogP contribution is -2.54. The van der Waals surface area contributed by atoms with Crippen LogP contribution in [0.4, 0.5) is 0 Å². The van der Waals surface area contributed by atoms with Crippen LogP contribution < -0.4 is 0 Å². The molecule has 0 aromatic carbocycles. The number of rotatable bonds is 5. The van der Waals surface area contributed by atoms with Crippen molar-refractivity contribution in [2.24, 2.45) is 0 Å². The van der Waals surface area contributed by atoms with E-state index in [2.05, 4.69) is 41.8 Å². The van der Waals surface area contributed by atoms with Crippen molar-refractivity contribution in [2.75, 3.05) is 20.6 Å². The molecule has 0 spiro atoms. The van der Waals surface area contributed by atoms with Gasteiger partial charge < -0.3 is 4.48 Å². The minimum Gasteiger partial charge on any atom is -0.324 e. The minimum atomic E-state index is 0.381. The van der Waals surface area contributed by atoms with Gasteiger partial charge in [0, 0.05) is 0 Å².